The van der Waals surface area contributed by atoms with Crippen molar-refractivity contribution in [1.82, 2.24) is 5.32 Å². The standard InChI is InChI=1S/C14H16N2O2/c1-11-7-8-13(18-11)9-15-10-14(17)16-12-5-3-2-4-6-12/h2-8,15H,9-10H2,1H3,(H,16,17). The highest BCUT2D eigenvalue weighted by atomic mass is 16.3. The number of rotatable bonds is 5. The fraction of sp³-hybridized carbons (Fsp3) is 0.214. The van der Waals surface area contributed by atoms with Crippen molar-refractivity contribution >= 4 is 11.6 Å². The maximum Gasteiger partial charge on any atom is 0.238 e. The van der Waals surface area contributed by atoms with Crippen LogP contribution in [0.2, 0.25) is 0 Å². The first-order valence-corrected chi connectivity index (χ1v) is 5.85. The Morgan fingerprint density at radius 2 is 1.94 bits per heavy atom. The topological polar surface area (TPSA) is 54.3 Å². The van der Waals surface area contributed by atoms with Gasteiger partial charge in [-0.1, -0.05) is 18.2 Å². The molecule has 0 radical (unpaired) electrons. The minimum absolute atomic E-state index is 0.0653. The maximum absolute atomic E-state index is 11.6. The Labute approximate surface area is 106 Å². The van der Waals surface area contributed by atoms with Crippen molar-refractivity contribution < 1.29 is 9.21 Å². The van der Waals surface area contributed by atoms with E-state index >= 15 is 0 Å². The molecule has 0 spiro atoms. The van der Waals surface area contributed by atoms with Gasteiger partial charge in [0.05, 0.1) is 13.1 Å². The van der Waals surface area contributed by atoms with Gasteiger partial charge in [0.25, 0.3) is 0 Å². The second-order valence-electron chi connectivity index (χ2n) is 4.03. The molecular formula is C14H16N2O2. The van der Waals surface area contributed by atoms with Crippen molar-refractivity contribution in [3.63, 3.8) is 0 Å². The normalized spacial score (nSPS) is 10.3. The molecule has 0 saturated heterocycles. The van der Waals surface area contributed by atoms with E-state index in [1.807, 2.05) is 49.4 Å². The van der Waals surface area contributed by atoms with Crippen molar-refractivity contribution in [1.29, 1.82) is 0 Å². The van der Waals surface area contributed by atoms with E-state index in [1.54, 1.807) is 0 Å². The van der Waals surface area contributed by atoms with Gasteiger partial charge in [-0.3, -0.25) is 4.79 Å². The number of nitrogens with one attached hydrogen (secondary N) is 2. The number of carbonyl (C=O) groups excluding carboxylic acids is 1. The molecule has 94 valence electrons. The molecule has 4 nitrogen and oxygen atoms in total. The summed E-state index contributed by atoms with van der Waals surface area (Å²) < 4.78 is 5.39. The molecule has 2 aromatic rings. The average Bonchev–Trinajstić information content (AvgIpc) is 2.76. The summed E-state index contributed by atoms with van der Waals surface area (Å²) in [6, 6.07) is 13.2. The summed E-state index contributed by atoms with van der Waals surface area (Å²) in [5, 5.41) is 5.83. The molecule has 1 amide bonds. The predicted molar refractivity (Wildman–Crippen MR) is 70.2 cm³/mol. The van der Waals surface area contributed by atoms with E-state index in [2.05, 4.69) is 10.6 Å². The predicted octanol–water partition coefficient (Wildman–Crippen LogP) is 2.32. The number of furan rings is 1. The van der Waals surface area contributed by atoms with Crippen LogP contribution in [0.25, 0.3) is 0 Å². The second kappa shape index (κ2) is 6.02. The summed E-state index contributed by atoms with van der Waals surface area (Å²) in [6.07, 6.45) is 0. The molecule has 1 aromatic heterocycles. The molecule has 0 aliphatic rings. The summed E-state index contributed by atoms with van der Waals surface area (Å²) >= 11 is 0. The summed E-state index contributed by atoms with van der Waals surface area (Å²) in [6.45, 7) is 2.70. The SMILES string of the molecule is Cc1ccc(CNCC(=O)Nc2ccccc2)o1. The Hall–Kier alpha value is -2.07. The van der Waals surface area contributed by atoms with Gasteiger partial charge in [0.1, 0.15) is 11.5 Å². The van der Waals surface area contributed by atoms with Crippen LogP contribution in [0.3, 0.4) is 0 Å². The van der Waals surface area contributed by atoms with Crippen LogP contribution in [0.4, 0.5) is 5.69 Å². The zero-order chi connectivity index (χ0) is 12.8. The Kier molecular flexibility index (Phi) is 4.15. The van der Waals surface area contributed by atoms with Crippen LogP contribution < -0.4 is 10.6 Å². The molecule has 0 aliphatic carbocycles. The number of para-hydroxylation sites is 1. The van der Waals surface area contributed by atoms with Crippen LogP contribution in [-0.4, -0.2) is 12.5 Å². The monoisotopic (exact) mass is 244 g/mol. The molecule has 1 aromatic carbocycles. The smallest absolute Gasteiger partial charge is 0.238 e. The lowest BCUT2D eigenvalue weighted by Crippen LogP contribution is -2.27. The first kappa shape index (κ1) is 12.4. The Balaban J connectivity index is 1.72. The Morgan fingerprint density at radius 1 is 1.17 bits per heavy atom. The van der Waals surface area contributed by atoms with E-state index in [1.165, 1.54) is 0 Å². The number of hydrogen-bond donors (Lipinski definition) is 2. The van der Waals surface area contributed by atoms with E-state index in [-0.39, 0.29) is 12.5 Å². The number of benzene rings is 1. The number of hydrogen-bond acceptors (Lipinski definition) is 3. The third kappa shape index (κ3) is 3.75. The molecule has 0 aliphatic heterocycles. The van der Waals surface area contributed by atoms with Gasteiger partial charge in [0.15, 0.2) is 0 Å². The third-order valence-electron chi connectivity index (χ3n) is 2.44. The van der Waals surface area contributed by atoms with E-state index in [0.717, 1.165) is 17.2 Å². The molecular weight excluding hydrogens is 228 g/mol. The zero-order valence-electron chi connectivity index (χ0n) is 10.3. The van der Waals surface area contributed by atoms with Crippen LogP contribution >= 0.6 is 0 Å². The molecule has 18 heavy (non-hydrogen) atoms. The van der Waals surface area contributed by atoms with Crippen LogP contribution in [0.15, 0.2) is 46.9 Å². The van der Waals surface area contributed by atoms with Gasteiger partial charge in [0, 0.05) is 5.69 Å². The molecule has 2 N–H and O–H groups in total. The van der Waals surface area contributed by atoms with Crippen LogP contribution in [0.1, 0.15) is 11.5 Å². The summed E-state index contributed by atoms with van der Waals surface area (Å²) in [7, 11) is 0. The maximum atomic E-state index is 11.6. The third-order valence-corrected chi connectivity index (χ3v) is 2.44. The molecule has 0 fully saturated rings. The number of anilines is 1. The molecule has 0 unspecified atom stereocenters. The van der Waals surface area contributed by atoms with Gasteiger partial charge >= 0.3 is 0 Å². The molecule has 0 bridgehead atoms. The van der Waals surface area contributed by atoms with Crippen molar-refractivity contribution in [2.75, 3.05) is 11.9 Å². The Morgan fingerprint density at radius 3 is 2.61 bits per heavy atom. The highest BCUT2D eigenvalue weighted by molar-refractivity contribution is 5.92. The highest BCUT2D eigenvalue weighted by Gasteiger charge is 2.02. The number of carbonyl (C=O) groups is 1. The Bertz CT molecular complexity index is 506. The lowest BCUT2D eigenvalue weighted by molar-refractivity contribution is -0.115. The molecule has 4 heteroatoms. The average molecular weight is 244 g/mol. The first-order valence-electron chi connectivity index (χ1n) is 5.85. The number of amides is 1. The van der Waals surface area contributed by atoms with Crippen LogP contribution in [-0.2, 0) is 11.3 Å². The summed E-state index contributed by atoms with van der Waals surface area (Å²) in [5.41, 5.74) is 0.804. The van der Waals surface area contributed by atoms with Crippen LogP contribution in [0.5, 0.6) is 0 Å². The van der Waals surface area contributed by atoms with Crippen LogP contribution in [0, 0.1) is 6.92 Å². The largest absolute Gasteiger partial charge is 0.465 e. The van der Waals surface area contributed by atoms with Gasteiger partial charge in [-0.15, -0.1) is 0 Å². The highest BCUT2D eigenvalue weighted by Crippen LogP contribution is 2.06. The lowest BCUT2D eigenvalue weighted by Gasteiger charge is -2.05. The molecule has 1 heterocycles. The lowest BCUT2D eigenvalue weighted by atomic mass is 10.3. The summed E-state index contributed by atoms with van der Waals surface area (Å²) in [5.74, 6) is 1.64. The van der Waals surface area contributed by atoms with Gasteiger partial charge in [-0.25, -0.2) is 0 Å². The molecule has 0 atom stereocenters. The van der Waals surface area contributed by atoms with E-state index in [4.69, 9.17) is 4.42 Å². The molecule has 0 saturated carbocycles. The van der Waals surface area contributed by atoms with Crippen molar-refractivity contribution in [3.05, 3.63) is 54.0 Å². The van der Waals surface area contributed by atoms with E-state index in [0.29, 0.717) is 6.54 Å². The van der Waals surface area contributed by atoms with Gasteiger partial charge in [0.2, 0.25) is 5.91 Å². The summed E-state index contributed by atoms with van der Waals surface area (Å²) in [4.78, 5) is 11.6. The molecule has 2 rings (SSSR count). The van der Waals surface area contributed by atoms with Gasteiger partial charge in [-0.2, -0.15) is 0 Å². The van der Waals surface area contributed by atoms with Crippen molar-refractivity contribution in [2.45, 2.75) is 13.5 Å². The number of aryl methyl sites for hydroxylation is 1. The zero-order valence-corrected chi connectivity index (χ0v) is 10.3. The quantitative estimate of drug-likeness (QED) is 0.848. The fourth-order valence-electron chi connectivity index (χ4n) is 1.61. The van der Waals surface area contributed by atoms with E-state index < -0.39 is 0 Å². The van der Waals surface area contributed by atoms with Crippen molar-refractivity contribution in [2.24, 2.45) is 0 Å². The van der Waals surface area contributed by atoms with E-state index in [9.17, 15) is 4.79 Å². The first-order chi connectivity index (χ1) is 8.74. The van der Waals surface area contributed by atoms with Gasteiger partial charge < -0.3 is 15.1 Å². The van der Waals surface area contributed by atoms with Crippen molar-refractivity contribution in [3.8, 4) is 0 Å². The minimum Gasteiger partial charge on any atom is -0.465 e. The fourth-order valence-corrected chi connectivity index (χ4v) is 1.61. The second-order valence-corrected chi connectivity index (χ2v) is 4.03. The minimum atomic E-state index is -0.0653. The van der Waals surface area contributed by atoms with Gasteiger partial charge in [-0.05, 0) is 31.2 Å².